The topological polar surface area (TPSA) is 224 Å². The highest BCUT2D eigenvalue weighted by Crippen LogP contribution is 2.11. The molecule has 0 aromatic rings. The van der Waals surface area contributed by atoms with E-state index in [1.54, 1.807) is 0 Å². The first-order chi connectivity index (χ1) is 24.6. The van der Waals surface area contributed by atoms with Crippen LogP contribution in [-0.4, -0.2) is 95.4 Å². The minimum atomic E-state index is -1.51. The molecule has 0 aliphatic carbocycles. The Morgan fingerprint density at radius 2 is 1.06 bits per heavy atom. The zero-order chi connectivity index (χ0) is 40.9. The van der Waals surface area contributed by atoms with E-state index in [0.717, 1.165) is 32.1 Å². The molecule has 0 aromatic carbocycles. The van der Waals surface area contributed by atoms with Gasteiger partial charge >= 0.3 is 0 Å². The number of carbonyl (C=O) groups is 7. The fourth-order valence-electron chi connectivity index (χ4n) is 5.46. The maximum Gasteiger partial charge on any atom is 0.245 e. The van der Waals surface area contributed by atoms with E-state index in [-0.39, 0.29) is 43.2 Å². The first-order valence-electron chi connectivity index (χ1n) is 19.3. The van der Waals surface area contributed by atoms with Crippen molar-refractivity contribution in [2.24, 2.45) is 17.8 Å². The number of hydrogen-bond acceptors (Lipinski definition) is 8. The maximum absolute atomic E-state index is 13.4. The van der Waals surface area contributed by atoms with E-state index in [9.17, 15) is 38.7 Å². The van der Waals surface area contributed by atoms with Gasteiger partial charge in [0.2, 0.25) is 41.4 Å². The standard InChI is InChI=1S/C38H71N7O8/c1-12-13-14-15-16-17-31(47)39-21-32(48)40-26(8)33(49)44-30(20-25(6)7)36(52)45-38(10,11)37(53)41-27(9)34(50)43-29(19-24(4)5)35(51)42-28(22-46)18-23(2)3/h23-30,46H,12-22H2,1-11H3,(H,39,47)(H,40,48)(H,41,53)(H,42,51)(H,43,50)(H,44,49)(H,45,52)/t26-,27-,28-,29-,30-/m0/s1. The first kappa shape index (κ1) is 49.2. The molecule has 0 aromatic heterocycles. The van der Waals surface area contributed by atoms with Crippen molar-refractivity contribution in [1.29, 1.82) is 0 Å². The second-order valence-electron chi connectivity index (χ2n) is 15.9. The molecule has 15 heteroatoms. The number of carbonyl (C=O) groups excluding carboxylic acids is 7. The average molecular weight is 754 g/mol. The number of rotatable bonds is 26. The lowest BCUT2D eigenvalue weighted by Crippen LogP contribution is -2.62. The predicted molar refractivity (Wildman–Crippen MR) is 205 cm³/mol. The molecule has 0 unspecified atom stereocenters. The minimum Gasteiger partial charge on any atom is -0.394 e. The van der Waals surface area contributed by atoms with E-state index in [1.165, 1.54) is 27.7 Å². The summed E-state index contributed by atoms with van der Waals surface area (Å²) in [5.41, 5.74) is -1.51. The summed E-state index contributed by atoms with van der Waals surface area (Å²) in [4.78, 5) is 90.5. The van der Waals surface area contributed by atoms with Crippen molar-refractivity contribution in [1.82, 2.24) is 37.2 Å². The van der Waals surface area contributed by atoms with E-state index in [1.807, 2.05) is 41.5 Å². The zero-order valence-corrected chi connectivity index (χ0v) is 34.2. The van der Waals surface area contributed by atoms with Crippen LogP contribution in [0.3, 0.4) is 0 Å². The van der Waals surface area contributed by atoms with Crippen LogP contribution < -0.4 is 37.2 Å². The van der Waals surface area contributed by atoms with Gasteiger partial charge in [0.05, 0.1) is 19.2 Å². The van der Waals surface area contributed by atoms with Gasteiger partial charge in [0, 0.05) is 6.42 Å². The Hall–Kier alpha value is -3.75. The van der Waals surface area contributed by atoms with E-state index < -0.39 is 71.2 Å². The number of aliphatic hydroxyl groups excluding tert-OH is 1. The fraction of sp³-hybridized carbons (Fsp3) is 0.816. The molecule has 8 N–H and O–H groups in total. The Bertz CT molecular complexity index is 1190. The Kier molecular flexibility index (Phi) is 23.5. The van der Waals surface area contributed by atoms with Gasteiger partial charge in [-0.05, 0) is 71.1 Å². The molecule has 306 valence electrons. The molecule has 0 heterocycles. The normalized spacial score (nSPS) is 14.4. The van der Waals surface area contributed by atoms with E-state index in [2.05, 4.69) is 44.1 Å². The third-order valence-electron chi connectivity index (χ3n) is 8.47. The van der Waals surface area contributed by atoms with Crippen LogP contribution in [0.5, 0.6) is 0 Å². The van der Waals surface area contributed by atoms with Gasteiger partial charge in [0.25, 0.3) is 0 Å². The van der Waals surface area contributed by atoms with Crippen molar-refractivity contribution < 1.29 is 38.7 Å². The van der Waals surface area contributed by atoms with Gasteiger partial charge in [-0.1, -0.05) is 74.1 Å². The molecule has 0 spiro atoms. The van der Waals surface area contributed by atoms with E-state index >= 15 is 0 Å². The zero-order valence-electron chi connectivity index (χ0n) is 34.2. The molecule has 5 atom stereocenters. The number of unbranched alkanes of at least 4 members (excludes halogenated alkanes) is 4. The lowest BCUT2D eigenvalue weighted by atomic mass is 9.99. The monoisotopic (exact) mass is 754 g/mol. The number of nitrogens with one attached hydrogen (secondary N) is 7. The van der Waals surface area contributed by atoms with Crippen LogP contribution in [0, 0.1) is 17.8 Å². The molecule has 0 bridgehead atoms. The molecule has 0 aliphatic heterocycles. The van der Waals surface area contributed by atoms with Crippen molar-refractivity contribution in [3.63, 3.8) is 0 Å². The third kappa shape index (κ3) is 21.5. The van der Waals surface area contributed by atoms with Crippen LogP contribution in [0.2, 0.25) is 0 Å². The highest BCUT2D eigenvalue weighted by atomic mass is 16.3. The fourth-order valence-corrected chi connectivity index (χ4v) is 5.46. The number of amides is 7. The Labute approximate surface area is 317 Å². The number of aliphatic hydroxyl groups is 1. The third-order valence-corrected chi connectivity index (χ3v) is 8.47. The van der Waals surface area contributed by atoms with Gasteiger partial charge in [-0.15, -0.1) is 0 Å². The van der Waals surface area contributed by atoms with Crippen LogP contribution >= 0.6 is 0 Å². The van der Waals surface area contributed by atoms with Crippen LogP contribution in [0.4, 0.5) is 0 Å². The number of hydrogen-bond donors (Lipinski definition) is 8. The molecule has 53 heavy (non-hydrogen) atoms. The lowest BCUT2D eigenvalue weighted by molar-refractivity contribution is -0.137. The summed E-state index contributed by atoms with van der Waals surface area (Å²) >= 11 is 0. The Morgan fingerprint density at radius 1 is 0.566 bits per heavy atom. The van der Waals surface area contributed by atoms with Crippen molar-refractivity contribution >= 4 is 41.4 Å². The molecule has 15 nitrogen and oxygen atoms in total. The highest BCUT2D eigenvalue weighted by Gasteiger charge is 2.35. The van der Waals surface area contributed by atoms with Crippen molar-refractivity contribution in [2.45, 2.75) is 170 Å². The largest absolute Gasteiger partial charge is 0.394 e. The van der Waals surface area contributed by atoms with Crippen LogP contribution in [0.25, 0.3) is 0 Å². The SMILES string of the molecule is CCCCCCCC(=O)NCC(=O)N[C@@H](C)C(=O)N[C@@H](CC(C)C)C(=O)NC(C)(C)C(=O)N[C@@H](C)C(=O)N[C@@H](CC(C)C)C(=O)N[C@H](CO)CC(C)C. The van der Waals surface area contributed by atoms with Crippen LogP contribution in [-0.2, 0) is 33.6 Å². The Morgan fingerprint density at radius 3 is 1.55 bits per heavy atom. The first-order valence-corrected chi connectivity index (χ1v) is 19.3. The molecule has 0 radical (unpaired) electrons. The summed E-state index contributed by atoms with van der Waals surface area (Å²) < 4.78 is 0. The molecule has 7 amide bonds. The molecule has 0 saturated carbocycles. The van der Waals surface area contributed by atoms with Gasteiger partial charge in [0.15, 0.2) is 0 Å². The average Bonchev–Trinajstić information content (AvgIpc) is 3.05. The summed E-state index contributed by atoms with van der Waals surface area (Å²) in [7, 11) is 0. The lowest BCUT2D eigenvalue weighted by Gasteiger charge is -2.30. The second-order valence-corrected chi connectivity index (χ2v) is 15.9. The smallest absolute Gasteiger partial charge is 0.245 e. The minimum absolute atomic E-state index is 0.0252. The van der Waals surface area contributed by atoms with Crippen molar-refractivity contribution in [2.75, 3.05) is 13.2 Å². The quantitative estimate of drug-likeness (QED) is 0.0609. The molecule has 0 aliphatic rings. The molecular weight excluding hydrogens is 682 g/mol. The summed E-state index contributed by atoms with van der Waals surface area (Å²) in [6, 6.07) is -4.49. The highest BCUT2D eigenvalue weighted by molar-refractivity contribution is 5.97. The van der Waals surface area contributed by atoms with Crippen LogP contribution in [0.15, 0.2) is 0 Å². The summed E-state index contributed by atoms with van der Waals surface area (Å²) in [6.45, 7) is 18.9. The molecule has 0 saturated heterocycles. The summed E-state index contributed by atoms with van der Waals surface area (Å²) in [6.07, 6.45) is 6.42. The molecule has 0 rings (SSSR count). The van der Waals surface area contributed by atoms with Crippen molar-refractivity contribution in [3.8, 4) is 0 Å². The maximum atomic E-state index is 13.4. The van der Waals surface area contributed by atoms with Gasteiger partial charge in [-0.2, -0.15) is 0 Å². The summed E-state index contributed by atoms with van der Waals surface area (Å²) in [5, 5.41) is 28.2. The van der Waals surface area contributed by atoms with Crippen LogP contribution in [0.1, 0.15) is 134 Å². The van der Waals surface area contributed by atoms with Gasteiger partial charge in [-0.3, -0.25) is 33.6 Å². The predicted octanol–water partition coefficient (Wildman–Crippen LogP) is 1.95. The van der Waals surface area contributed by atoms with Gasteiger partial charge in [0.1, 0.15) is 29.7 Å². The molecular formula is C38H71N7O8. The Balaban J connectivity index is 5.33. The van der Waals surface area contributed by atoms with E-state index in [0.29, 0.717) is 19.3 Å². The van der Waals surface area contributed by atoms with E-state index in [4.69, 9.17) is 0 Å². The van der Waals surface area contributed by atoms with Gasteiger partial charge in [-0.25, -0.2) is 0 Å². The van der Waals surface area contributed by atoms with Crippen molar-refractivity contribution in [3.05, 3.63) is 0 Å². The van der Waals surface area contributed by atoms with Gasteiger partial charge < -0.3 is 42.3 Å². The summed E-state index contributed by atoms with van der Waals surface area (Å²) in [5.74, 6) is -3.49. The second kappa shape index (κ2) is 25.3. The molecule has 0 fully saturated rings.